The predicted molar refractivity (Wildman–Crippen MR) is 95.5 cm³/mol. The lowest BCUT2D eigenvalue weighted by atomic mass is 9.84. The molecule has 4 nitrogen and oxygen atoms in total. The number of ketones is 1. The van der Waals surface area contributed by atoms with Gasteiger partial charge in [-0.05, 0) is 23.6 Å². The summed E-state index contributed by atoms with van der Waals surface area (Å²) in [6.45, 7) is 9.80. The van der Waals surface area contributed by atoms with Crippen LogP contribution in [0.5, 0.6) is 5.75 Å². The van der Waals surface area contributed by atoms with Crippen molar-refractivity contribution >= 4 is 16.8 Å². The fourth-order valence-corrected chi connectivity index (χ4v) is 2.56. The summed E-state index contributed by atoms with van der Waals surface area (Å²) in [7, 11) is 1.62. The third-order valence-electron chi connectivity index (χ3n) is 4.32. The summed E-state index contributed by atoms with van der Waals surface area (Å²) in [5, 5.41) is 10.5. The molecule has 1 aromatic heterocycles. The van der Waals surface area contributed by atoms with Crippen molar-refractivity contribution in [3.05, 3.63) is 29.5 Å². The molecule has 1 N–H and O–H groups in total. The molecule has 132 valence electrons. The van der Waals surface area contributed by atoms with Crippen LogP contribution in [0.15, 0.2) is 22.6 Å². The third-order valence-corrected chi connectivity index (χ3v) is 4.32. The van der Waals surface area contributed by atoms with Crippen molar-refractivity contribution in [2.75, 3.05) is 13.7 Å². The fraction of sp³-hybridized carbons (Fsp3) is 0.550. The monoisotopic (exact) mass is 332 g/mol. The van der Waals surface area contributed by atoms with E-state index in [-0.39, 0.29) is 17.8 Å². The summed E-state index contributed by atoms with van der Waals surface area (Å²) in [5.41, 5.74) is 0.936. The van der Waals surface area contributed by atoms with Gasteiger partial charge in [-0.1, -0.05) is 34.6 Å². The molecule has 0 radical (unpaired) electrons. The first kappa shape index (κ1) is 18.5. The summed E-state index contributed by atoms with van der Waals surface area (Å²) in [4.78, 5) is 12.6. The number of fused-ring (bicyclic) bond motifs is 1. The molecule has 0 fully saturated rings. The molecule has 2 aromatic rings. The molecule has 0 unspecified atom stereocenters. The Hall–Kier alpha value is -1.81. The van der Waals surface area contributed by atoms with E-state index in [4.69, 9.17) is 9.15 Å². The molecule has 1 aromatic carbocycles. The van der Waals surface area contributed by atoms with Crippen LogP contribution in [-0.2, 0) is 17.6 Å². The first-order valence-electron chi connectivity index (χ1n) is 8.30. The molecule has 0 atom stereocenters. The van der Waals surface area contributed by atoms with Gasteiger partial charge in [0.1, 0.15) is 22.9 Å². The van der Waals surface area contributed by atoms with Gasteiger partial charge in [-0.25, -0.2) is 0 Å². The summed E-state index contributed by atoms with van der Waals surface area (Å²) in [5.74, 6) is 1.67. The SMILES string of the molecule is COc1ccc2oc(CC(C)(C)CO)c(CC(=O)C(C)(C)C)c2c1. The number of Topliss-reactive ketones (excluding diaryl/α,β-unsaturated/α-hetero) is 1. The summed E-state index contributed by atoms with van der Waals surface area (Å²) < 4.78 is 11.3. The van der Waals surface area contributed by atoms with E-state index in [0.717, 1.165) is 28.0 Å². The minimum absolute atomic E-state index is 0.0556. The van der Waals surface area contributed by atoms with Gasteiger partial charge in [0.05, 0.1) is 7.11 Å². The minimum atomic E-state index is -0.410. The van der Waals surface area contributed by atoms with Crippen molar-refractivity contribution in [3.8, 4) is 5.75 Å². The van der Waals surface area contributed by atoms with Gasteiger partial charge in [0.25, 0.3) is 0 Å². The quantitative estimate of drug-likeness (QED) is 0.863. The highest BCUT2D eigenvalue weighted by Gasteiger charge is 2.28. The molecule has 0 amide bonds. The van der Waals surface area contributed by atoms with Crippen LogP contribution in [0, 0.1) is 10.8 Å². The van der Waals surface area contributed by atoms with Gasteiger partial charge >= 0.3 is 0 Å². The van der Waals surface area contributed by atoms with Crippen LogP contribution in [0.1, 0.15) is 45.9 Å². The topological polar surface area (TPSA) is 59.7 Å². The van der Waals surface area contributed by atoms with E-state index in [1.54, 1.807) is 7.11 Å². The second-order valence-electron chi connectivity index (χ2n) is 8.21. The van der Waals surface area contributed by atoms with Crippen LogP contribution in [0.3, 0.4) is 0 Å². The zero-order valence-corrected chi connectivity index (χ0v) is 15.5. The zero-order chi connectivity index (χ0) is 18.1. The molecule has 1 heterocycles. The maximum Gasteiger partial charge on any atom is 0.142 e. The lowest BCUT2D eigenvalue weighted by molar-refractivity contribution is -0.125. The zero-order valence-electron chi connectivity index (χ0n) is 15.5. The lowest BCUT2D eigenvalue weighted by Crippen LogP contribution is -2.24. The average Bonchev–Trinajstić information content (AvgIpc) is 2.82. The maximum atomic E-state index is 12.6. The van der Waals surface area contributed by atoms with Crippen molar-refractivity contribution in [1.82, 2.24) is 0 Å². The molecule has 0 aliphatic rings. The molecule has 2 rings (SSSR count). The van der Waals surface area contributed by atoms with Crippen LogP contribution in [0.2, 0.25) is 0 Å². The van der Waals surface area contributed by atoms with Crippen LogP contribution in [-0.4, -0.2) is 24.6 Å². The minimum Gasteiger partial charge on any atom is -0.497 e. The van der Waals surface area contributed by atoms with E-state index in [2.05, 4.69) is 0 Å². The number of aliphatic hydroxyl groups is 1. The van der Waals surface area contributed by atoms with Crippen molar-refractivity contribution in [2.45, 2.75) is 47.5 Å². The Balaban J connectivity index is 2.55. The Kier molecular flexibility index (Phi) is 5.09. The van der Waals surface area contributed by atoms with Crippen molar-refractivity contribution in [3.63, 3.8) is 0 Å². The van der Waals surface area contributed by atoms with Gasteiger partial charge in [-0.3, -0.25) is 4.79 Å². The van der Waals surface area contributed by atoms with Gasteiger partial charge in [-0.15, -0.1) is 0 Å². The van der Waals surface area contributed by atoms with Crippen LogP contribution >= 0.6 is 0 Å². The van der Waals surface area contributed by atoms with Crippen molar-refractivity contribution in [2.24, 2.45) is 10.8 Å². The molecule has 0 saturated carbocycles. The molecule has 0 spiro atoms. The Morgan fingerprint density at radius 1 is 1.21 bits per heavy atom. The lowest BCUT2D eigenvalue weighted by Gasteiger charge is -2.21. The number of ether oxygens (including phenoxy) is 1. The first-order chi connectivity index (χ1) is 11.1. The van der Waals surface area contributed by atoms with E-state index >= 15 is 0 Å². The van der Waals surface area contributed by atoms with Crippen LogP contribution in [0.4, 0.5) is 0 Å². The standard InChI is InChI=1S/C20H28O4/c1-19(2,3)18(22)10-15-14-9-13(23-6)7-8-16(14)24-17(15)11-20(4,5)12-21/h7-9,21H,10-12H2,1-6H3. The smallest absolute Gasteiger partial charge is 0.142 e. The van der Waals surface area contributed by atoms with Crippen molar-refractivity contribution < 1.29 is 19.1 Å². The van der Waals surface area contributed by atoms with E-state index in [1.807, 2.05) is 52.8 Å². The Morgan fingerprint density at radius 3 is 2.42 bits per heavy atom. The number of aliphatic hydroxyl groups excluding tert-OH is 1. The van der Waals surface area contributed by atoms with Gasteiger partial charge < -0.3 is 14.3 Å². The molecule has 4 heteroatoms. The van der Waals surface area contributed by atoms with Gasteiger partial charge in [0.15, 0.2) is 0 Å². The second kappa shape index (κ2) is 6.60. The van der Waals surface area contributed by atoms with Crippen LogP contribution in [0.25, 0.3) is 11.0 Å². The second-order valence-corrected chi connectivity index (χ2v) is 8.21. The Morgan fingerprint density at radius 2 is 1.88 bits per heavy atom. The first-order valence-corrected chi connectivity index (χ1v) is 8.30. The molecule has 24 heavy (non-hydrogen) atoms. The number of hydrogen-bond donors (Lipinski definition) is 1. The van der Waals surface area contributed by atoms with Crippen LogP contribution < -0.4 is 4.74 Å². The van der Waals surface area contributed by atoms with Gasteiger partial charge in [0.2, 0.25) is 0 Å². The normalized spacial score (nSPS) is 12.6. The molecule has 0 aliphatic carbocycles. The molecular weight excluding hydrogens is 304 g/mol. The molecule has 0 aliphatic heterocycles. The number of rotatable bonds is 6. The predicted octanol–water partition coefficient (Wildman–Crippen LogP) is 4.16. The number of carbonyl (C=O) groups excluding carboxylic acids is 1. The average molecular weight is 332 g/mol. The Labute approximate surface area is 143 Å². The number of hydrogen-bond acceptors (Lipinski definition) is 4. The van der Waals surface area contributed by atoms with E-state index < -0.39 is 5.41 Å². The maximum absolute atomic E-state index is 12.6. The largest absolute Gasteiger partial charge is 0.497 e. The summed E-state index contributed by atoms with van der Waals surface area (Å²) in [6.07, 6.45) is 0.897. The highest BCUT2D eigenvalue weighted by molar-refractivity contribution is 5.92. The number of furan rings is 1. The van der Waals surface area contributed by atoms with Gasteiger partial charge in [0, 0.05) is 35.8 Å². The number of carbonyl (C=O) groups is 1. The summed E-state index contributed by atoms with van der Waals surface area (Å²) in [6, 6.07) is 5.64. The molecule has 0 saturated heterocycles. The highest BCUT2D eigenvalue weighted by Crippen LogP contribution is 2.34. The highest BCUT2D eigenvalue weighted by atomic mass is 16.5. The van der Waals surface area contributed by atoms with Crippen molar-refractivity contribution in [1.29, 1.82) is 0 Å². The third kappa shape index (κ3) is 3.99. The van der Waals surface area contributed by atoms with E-state index in [0.29, 0.717) is 12.8 Å². The van der Waals surface area contributed by atoms with Gasteiger partial charge in [-0.2, -0.15) is 0 Å². The Bertz CT molecular complexity index is 732. The van der Waals surface area contributed by atoms with E-state index in [1.165, 1.54) is 0 Å². The fourth-order valence-electron chi connectivity index (χ4n) is 2.56. The number of methoxy groups -OCH3 is 1. The molecule has 0 bridgehead atoms. The molecular formula is C20H28O4. The summed E-state index contributed by atoms with van der Waals surface area (Å²) >= 11 is 0. The van der Waals surface area contributed by atoms with E-state index in [9.17, 15) is 9.90 Å². The number of benzene rings is 1.